The Hall–Kier alpha value is -1.71. The Kier molecular flexibility index (Phi) is 3.19. The molecule has 0 atom stereocenters. The first-order chi connectivity index (χ1) is 6.92. The van der Waals surface area contributed by atoms with Crippen LogP contribution in [0, 0.1) is 0 Å². The van der Waals surface area contributed by atoms with Crippen LogP contribution in [0.5, 0.6) is 0 Å². The smallest absolute Gasteiger partial charge is 0.340 e. The molecule has 4 heteroatoms. The maximum atomic E-state index is 11.5. The molecule has 0 unspecified atom stereocenters. The third-order valence-electron chi connectivity index (χ3n) is 1.54. The predicted molar refractivity (Wildman–Crippen MR) is 54.8 cm³/mol. The molecule has 80 valence electrons. The van der Waals surface area contributed by atoms with Crippen molar-refractivity contribution >= 4 is 12.3 Å². The van der Waals surface area contributed by atoms with Gasteiger partial charge in [-0.15, -0.1) is 0 Å². The van der Waals surface area contributed by atoms with Crippen molar-refractivity contribution in [3.63, 3.8) is 0 Å². The van der Waals surface area contributed by atoms with E-state index in [0.717, 1.165) is 0 Å². The molecule has 0 N–H and O–H groups in total. The van der Waals surface area contributed by atoms with Gasteiger partial charge >= 0.3 is 5.97 Å². The van der Waals surface area contributed by atoms with Crippen molar-refractivity contribution in [2.24, 2.45) is 0 Å². The van der Waals surface area contributed by atoms with E-state index in [2.05, 4.69) is 4.98 Å². The van der Waals surface area contributed by atoms with Gasteiger partial charge in [-0.05, 0) is 32.9 Å². The summed E-state index contributed by atoms with van der Waals surface area (Å²) in [6.07, 6.45) is 1.96. The number of hydrogen-bond acceptors (Lipinski definition) is 4. The maximum absolute atomic E-state index is 11.5. The van der Waals surface area contributed by atoms with E-state index in [1.54, 1.807) is 20.8 Å². The third-order valence-corrected chi connectivity index (χ3v) is 1.54. The lowest BCUT2D eigenvalue weighted by molar-refractivity contribution is 0.00689. The van der Waals surface area contributed by atoms with Gasteiger partial charge in [0.25, 0.3) is 0 Å². The first-order valence-electron chi connectivity index (χ1n) is 4.57. The van der Waals surface area contributed by atoms with Gasteiger partial charge in [-0.3, -0.25) is 9.78 Å². The second kappa shape index (κ2) is 4.21. The Balaban J connectivity index is 2.79. The van der Waals surface area contributed by atoms with Crippen molar-refractivity contribution in [1.29, 1.82) is 0 Å². The zero-order chi connectivity index (χ0) is 11.5. The molecule has 0 aliphatic heterocycles. The maximum Gasteiger partial charge on any atom is 0.340 e. The van der Waals surface area contributed by atoms with Crippen molar-refractivity contribution in [3.05, 3.63) is 29.6 Å². The van der Waals surface area contributed by atoms with Crippen molar-refractivity contribution in [2.45, 2.75) is 26.4 Å². The standard InChI is InChI=1S/C11H13NO3/c1-11(2,3)15-10(14)8-4-5-9(7-13)12-6-8/h4-7H,1-3H3. The van der Waals surface area contributed by atoms with Gasteiger partial charge in [0.2, 0.25) is 0 Å². The van der Waals surface area contributed by atoms with E-state index in [9.17, 15) is 9.59 Å². The fourth-order valence-electron chi connectivity index (χ4n) is 0.933. The highest BCUT2D eigenvalue weighted by Gasteiger charge is 2.17. The molecular formula is C11H13NO3. The number of nitrogens with zero attached hydrogens (tertiary/aromatic N) is 1. The number of aldehydes is 1. The first-order valence-corrected chi connectivity index (χ1v) is 4.57. The second-order valence-electron chi connectivity index (χ2n) is 4.09. The Labute approximate surface area is 88.3 Å². The summed E-state index contributed by atoms with van der Waals surface area (Å²) >= 11 is 0. The van der Waals surface area contributed by atoms with Gasteiger partial charge in [-0.25, -0.2) is 4.79 Å². The van der Waals surface area contributed by atoms with Gasteiger partial charge in [0.1, 0.15) is 11.3 Å². The molecule has 1 rings (SSSR count). The SMILES string of the molecule is CC(C)(C)OC(=O)c1ccc(C=O)nc1. The topological polar surface area (TPSA) is 56.3 Å². The van der Waals surface area contributed by atoms with E-state index >= 15 is 0 Å². The molecule has 15 heavy (non-hydrogen) atoms. The molecule has 0 spiro atoms. The van der Waals surface area contributed by atoms with Crippen molar-refractivity contribution in [1.82, 2.24) is 4.98 Å². The highest BCUT2D eigenvalue weighted by atomic mass is 16.6. The Bertz CT molecular complexity index is 362. The van der Waals surface area contributed by atoms with Crippen LogP contribution in [-0.4, -0.2) is 22.8 Å². The molecule has 4 nitrogen and oxygen atoms in total. The summed E-state index contributed by atoms with van der Waals surface area (Å²) in [7, 11) is 0. The highest BCUT2D eigenvalue weighted by molar-refractivity contribution is 5.89. The van der Waals surface area contributed by atoms with Gasteiger partial charge in [0.05, 0.1) is 5.56 Å². The summed E-state index contributed by atoms with van der Waals surface area (Å²) < 4.78 is 5.13. The first kappa shape index (κ1) is 11.4. The zero-order valence-corrected chi connectivity index (χ0v) is 8.98. The monoisotopic (exact) mass is 207 g/mol. The van der Waals surface area contributed by atoms with Crippen LogP contribution in [0.1, 0.15) is 41.6 Å². The fraction of sp³-hybridized carbons (Fsp3) is 0.364. The minimum atomic E-state index is -0.527. The van der Waals surface area contributed by atoms with Crippen LogP contribution in [0.4, 0.5) is 0 Å². The lowest BCUT2D eigenvalue weighted by Crippen LogP contribution is -2.23. The van der Waals surface area contributed by atoms with E-state index in [1.807, 2.05) is 0 Å². The van der Waals surface area contributed by atoms with Gasteiger partial charge in [-0.1, -0.05) is 0 Å². The summed E-state index contributed by atoms with van der Waals surface area (Å²) in [6, 6.07) is 3.00. The number of pyridine rings is 1. The Morgan fingerprint density at radius 2 is 2.07 bits per heavy atom. The van der Waals surface area contributed by atoms with Crippen LogP contribution in [0.15, 0.2) is 18.3 Å². The minimum absolute atomic E-state index is 0.294. The molecule has 0 bridgehead atoms. The number of hydrogen-bond donors (Lipinski definition) is 0. The molecule has 0 saturated heterocycles. The quantitative estimate of drug-likeness (QED) is 0.548. The average Bonchev–Trinajstić information content (AvgIpc) is 2.15. The molecule has 0 amide bonds. The van der Waals surface area contributed by atoms with Gasteiger partial charge in [0.15, 0.2) is 6.29 Å². The largest absolute Gasteiger partial charge is 0.456 e. The molecule has 1 heterocycles. The number of ether oxygens (including phenoxy) is 1. The van der Waals surface area contributed by atoms with E-state index in [4.69, 9.17) is 4.74 Å². The van der Waals surface area contributed by atoms with E-state index < -0.39 is 11.6 Å². The zero-order valence-electron chi connectivity index (χ0n) is 8.98. The van der Waals surface area contributed by atoms with E-state index in [1.165, 1.54) is 18.3 Å². The van der Waals surface area contributed by atoms with Crippen LogP contribution in [-0.2, 0) is 4.74 Å². The van der Waals surface area contributed by atoms with E-state index in [-0.39, 0.29) is 0 Å². The van der Waals surface area contributed by atoms with Crippen LogP contribution >= 0.6 is 0 Å². The minimum Gasteiger partial charge on any atom is -0.456 e. The molecule has 1 aromatic rings. The predicted octanol–water partition coefficient (Wildman–Crippen LogP) is 1.85. The fourth-order valence-corrected chi connectivity index (χ4v) is 0.933. The van der Waals surface area contributed by atoms with Gasteiger partial charge in [0, 0.05) is 6.20 Å². The van der Waals surface area contributed by atoms with Crippen LogP contribution in [0.25, 0.3) is 0 Å². The summed E-state index contributed by atoms with van der Waals surface area (Å²) in [5, 5.41) is 0. The molecule has 0 aromatic carbocycles. The third kappa shape index (κ3) is 3.50. The molecule has 0 aliphatic rings. The molecule has 0 saturated carbocycles. The van der Waals surface area contributed by atoms with Crippen LogP contribution < -0.4 is 0 Å². The van der Waals surface area contributed by atoms with Crippen LogP contribution in [0.3, 0.4) is 0 Å². The number of carbonyl (C=O) groups excluding carboxylic acids is 2. The lowest BCUT2D eigenvalue weighted by atomic mass is 10.2. The highest BCUT2D eigenvalue weighted by Crippen LogP contribution is 2.11. The van der Waals surface area contributed by atoms with Crippen LogP contribution in [0.2, 0.25) is 0 Å². The van der Waals surface area contributed by atoms with Crippen molar-refractivity contribution in [3.8, 4) is 0 Å². The molecule has 0 fully saturated rings. The second-order valence-corrected chi connectivity index (χ2v) is 4.09. The summed E-state index contributed by atoms with van der Waals surface area (Å²) in [6.45, 7) is 5.37. The number of rotatable bonds is 2. The van der Waals surface area contributed by atoms with Crippen molar-refractivity contribution in [2.75, 3.05) is 0 Å². The Morgan fingerprint density at radius 1 is 1.40 bits per heavy atom. The molecular weight excluding hydrogens is 194 g/mol. The molecule has 0 aliphatic carbocycles. The lowest BCUT2D eigenvalue weighted by Gasteiger charge is -2.19. The van der Waals surface area contributed by atoms with Gasteiger partial charge < -0.3 is 4.74 Å². The molecule has 1 aromatic heterocycles. The van der Waals surface area contributed by atoms with Gasteiger partial charge in [-0.2, -0.15) is 0 Å². The summed E-state index contributed by atoms with van der Waals surface area (Å²) in [5.41, 5.74) is 0.110. The molecule has 0 radical (unpaired) electrons. The Morgan fingerprint density at radius 3 is 2.47 bits per heavy atom. The summed E-state index contributed by atoms with van der Waals surface area (Å²) in [4.78, 5) is 25.6. The number of carbonyl (C=O) groups is 2. The normalized spacial score (nSPS) is 10.9. The number of esters is 1. The van der Waals surface area contributed by atoms with Crippen molar-refractivity contribution < 1.29 is 14.3 Å². The average molecular weight is 207 g/mol. The number of aromatic nitrogens is 1. The van der Waals surface area contributed by atoms with E-state index in [0.29, 0.717) is 17.5 Å². The summed E-state index contributed by atoms with van der Waals surface area (Å²) in [5.74, 6) is -0.438.